The molecule has 0 atom stereocenters. The second-order valence-corrected chi connectivity index (χ2v) is 4.71. The smallest absolute Gasteiger partial charge is 0.274 e. The first-order valence-corrected chi connectivity index (χ1v) is 5.78. The Bertz CT molecular complexity index is 280. The summed E-state index contributed by atoms with van der Waals surface area (Å²) in [5.41, 5.74) is 0. The molecule has 0 radical (unpaired) electrons. The van der Waals surface area contributed by atoms with Gasteiger partial charge in [-0.1, -0.05) is 12.8 Å². The summed E-state index contributed by atoms with van der Waals surface area (Å²) in [4.78, 5) is 10.5. The fourth-order valence-corrected chi connectivity index (χ4v) is 2.59. The number of rotatable bonds is 3. The number of amides is 1. The summed E-state index contributed by atoms with van der Waals surface area (Å²) in [5.74, 6) is -0.564. The van der Waals surface area contributed by atoms with Crippen molar-refractivity contribution in [2.75, 3.05) is 0 Å². The van der Waals surface area contributed by atoms with Crippen molar-refractivity contribution in [1.29, 1.82) is 0 Å². The van der Waals surface area contributed by atoms with Crippen LogP contribution in [0.2, 0.25) is 0 Å². The Morgan fingerprint density at radius 1 is 1.31 bits per heavy atom. The van der Waals surface area contributed by atoms with Crippen molar-refractivity contribution in [3.8, 4) is 0 Å². The highest BCUT2D eigenvalue weighted by Crippen LogP contribution is 2.17. The molecule has 0 aliphatic heterocycles. The van der Waals surface area contributed by atoms with Crippen LogP contribution in [0.4, 0.5) is 0 Å². The average molecular weight is 206 g/mol. The summed E-state index contributed by atoms with van der Waals surface area (Å²) >= 11 is 0. The first-order valence-electron chi connectivity index (χ1n) is 4.30. The summed E-state index contributed by atoms with van der Waals surface area (Å²) in [5, 5.41) is 0. The molecule has 0 saturated heterocycles. The standard InChI is InChI=1S/C7H14N2O3S/c1-6(10)8-13(11,12)9-7-4-2-3-5-7/h7,9H,2-5H2,1H3,(H,8,10). The van der Waals surface area contributed by atoms with Gasteiger partial charge in [-0.25, -0.2) is 4.72 Å². The number of hydrogen-bond donors (Lipinski definition) is 2. The molecule has 76 valence electrons. The molecule has 1 aliphatic rings. The van der Waals surface area contributed by atoms with Crippen LogP contribution in [-0.4, -0.2) is 20.4 Å². The minimum Gasteiger partial charge on any atom is -0.274 e. The lowest BCUT2D eigenvalue weighted by atomic mass is 10.3. The van der Waals surface area contributed by atoms with Gasteiger partial charge in [-0.05, 0) is 12.8 Å². The summed E-state index contributed by atoms with van der Waals surface area (Å²) in [6.07, 6.45) is 3.82. The number of carbonyl (C=O) groups is 1. The molecular weight excluding hydrogens is 192 g/mol. The molecule has 6 heteroatoms. The fraction of sp³-hybridized carbons (Fsp3) is 0.857. The highest BCUT2D eigenvalue weighted by atomic mass is 32.2. The lowest BCUT2D eigenvalue weighted by Gasteiger charge is -2.11. The van der Waals surface area contributed by atoms with Gasteiger partial charge in [0, 0.05) is 13.0 Å². The number of nitrogens with one attached hydrogen (secondary N) is 2. The van der Waals surface area contributed by atoms with Crippen LogP contribution < -0.4 is 9.44 Å². The van der Waals surface area contributed by atoms with E-state index >= 15 is 0 Å². The maximum absolute atomic E-state index is 11.2. The molecule has 0 aromatic heterocycles. The van der Waals surface area contributed by atoms with Crippen LogP contribution in [0.15, 0.2) is 0 Å². The molecule has 1 fully saturated rings. The zero-order valence-electron chi connectivity index (χ0n) is 7.54. The van der Waals surface area contributed by atoms with E-state index in [2.05, 4.69) is 4.72 Å². The highest BCUT2D eigenvalue weighted by Gasteiger charge is 2.21. The molecule has 1 aliphatic carbocycles. The third kappa shape index (κ3) is 3.73. The normalized spacial score (nSPS) is 18.8. The molecule has 1 rings (SSSR count). The lowest BCUT2D eigenvalue weighted by Crippen LogP contribution is -2.43. The predicted octanol–water partition coefficient (Wildman–Crippen LogP) is -0.101. The molecule has 13 heavy (non-hydrogen) atoms. The minimum absolute atomic E-state index is 0.00292. The SMILES string of the molecule is CC(=O)NS(=O)(=O)NC1CCCC1. The molecule has 5 nitrogen and oxygen atoms in total. The zero-order valence-corrected chi connectivity index (χ0v) is 8.36. The van der Waals surface area contributed by atoms with Crippen LogP contribution in [0.3, 0.4) is 0 Å². The first-order chi connectivity index (χ1) is 5.99. The molecule has 0 bridgehead atoms. The van der Waals surface area contributed by atoms with Gasteiger partial charge >= 0.3 is 10.2 Å². The van der Waals surface area contributed by atoms with Crippen molar-refractivity contribution in [3.63, 3.8) is 0 Å². The minimum atomic E-state index is -3.61. The quantitative estimate of drug-likeness (QED) is 0.677. The van der Waals surface area contributed by atoms with Crippen molar-refractivity contribution in [2.45, 2.75) is 38.6 Å². The van der Waals surface area contributed by atoms with Gasteiger partial charge in [0.05, 0.1) is 0 Å². The van der Waals surface area contributed by atoms with Crippen LogP contribution >= 0.6 is 0 Å². The van der Waals surface area contributed by atoms with E-state index in [0.717, 1.165) is 25.7 Å². The van der Waals surface area contributed by atoms with E-state index in [0.29, 0.717) is 0 Å². The van der Waals surface area contributed by atoms with Gasteiger partial charge in [-0.3, -0.25) is 4.79 Å². The van der Waals surface area contributed by atoms with Crippen molar-refractivity contribution >= 4 is 16.1 Å². The Hall–Kier alpha value is -0.620. The summed E-state index contributed by atoms with van der Waals surface area (Å²) in [6.45, 7) is 1.17. The van der Waals surface area contributed by atoms with Crippen LogP contribution in [0.1, 0.15) is 32.6 Å². The van der Waals surface area contributed by atoms with E-state index in [9.17, 15) is 13.2 Å². The van der Waals surface area contributed by atoms with Crippen molar-refractivity contribution in [2.24, 2.45) is 0 Å². The molecule has 0 heterocycles. The third-order valence-electron chi connectivity index (χ3n) is 1.96. The summed E-state index contributed by atoms with van der Waals surface area (Å²) in [7, 11) is -3.61. The molecule has 1 saturated carbocycles. The van der Waals surface area contributed by atoms with Gasteiger partial charge in [-0.2, -0.15) is 13.1 Å². The van der Waals surface area contributed by atoms with Crippen LogP contribution in [0, 0.1) is 0 Å². The molecule has 2 N–H and O–H groups in total. The molecule has 0 aromatic carbocycles. The Balaban J connectivity index is 2.46. The maximum Gasteiger partial charge on any atom is 0.301 e. The Morgan fingerprint density at radius 2 is 1.85 bits per heavy atom. The predicted molar refractivity (Wildman–Crippen MR) is 48.1 cm³/mol. The van der Waals surface area contributed by atoms with Gasteiger partial charge < -0.3 is 0 Å². The molecule has 1 amide bonds. The van der Waals surface area contributed by atoms with E-state index in [1.54, 1.807) is 0 Å². The van der Waals surface area contributed by atoms with E-state index in [1.807, 2.05) is 4.72 Å². The largest absolute Gasteiger partial charge is 0.301 e. The molecule has 0 spiro atoms. The van der Waals surface area contributed by atoms with Crippen molar-refractivity contribution in [3.05, 3.63) is 0 Å². The van der Waals surface area contributed by atoms with Gasteiger partial charge in [0.1, 0.15) is 0 Å². The number of carbonyl (C=O) groups excluding carboxylic acids is 1. The van der Waals surface area contributed by atoms with Gasteiger partial charge in [0.15, 0.2) is 0 Å². The Labute approximate surface area is 78.1 Å². The van der Waals surface area contributed by atoms with Gasteiger partial charge in [0.25, 0.3) is 0 Å². The van der Waals surface area contributed by atoms with E-state index in [-0.39, 0.29) is 6.04 Å². The first kappa shape index (κ1) is 10.5. The van der Waals surface area contributed by atoms with Crippen LogP contribution in [0.5, 0.6) is 0 Å². The second kappa shape index (κ2) is 4.06. The van der Waals surface area contributed by atoms with Gasteiger partial charge in [0.2, 0.25) is 5.91 Å². The molecule has 0 aromatic rings. The Kier molecular flexibility index (Phi) is 3.27. The van der Waals surface area contributed by atoms with Crippen molar-refractivity contribution < 1.29 is 13.2 Å². The average Bonchev–Trinajstić information content (AvgIpc) is 2.34. The fourth-order valence-electron chi connectivity index (χ4n) is 1.48. The van der Waals surface area contributed by atoms with E-state index in [4.69, 9.17) is 0 Å². The van der Waals surface area contributed by atoms with E-state index < -0.39 is 16.1 Å². The highest BCUT2D eigenvalue weighted by molar-refractivity contribution is 7.88. The van der Waals surface area contributed by atoms with E-state index in [1.165, 1.54) is 6.92 Å². The summed E-state index contributed by atoms with van der Waals surface area (Å²) in [6, 6.07) is -0.00292. The van der Waals surface area contributed by atoms with Gasteiger partial charge in [-0.15, -0.1) is 0 Å². The van der Waals surface area contributed by atoms with Crippen LogP contribution in [0.25, 0.3) is 0 Å². The second-order valence-electron chi connectivity index (χ2n) is 3.26. The Morgan fingerprint density at radius 3 is 2.31 bits per heavy atom. The molecular formula is C7H14N2O3S. The zero-order chi connectivity index (χ0) is 9.90. The topological polar surface area (TPSA) is 75.3 Å². The maximum atomic E-state index is 11.2. The monoisotopic (exact) mass is 206 g/mol. The third-order valence-corrected chi connectivity index (χ3v) is 3.15. The van der Waals surface area contributed by atoms with Crippen molar-refractivity contribution in [1.82, 2.24) is 9.44 Å². The number of hydrogen-bond acceptors (Lipinski definition) is 3. The summed E-state index contributed by atoms with van der Waals surface area (Å²) < 4.78 is 26.6. The van der Waals surface area contributed by atoms with Crippen LogP contribution in [-0.2, 0) is 15.0 Å². The molecule has 0 unspecified atom stereocenters. The lowest BCUT2D eigenvalue weighted by molar-refractivity contribution is -0.117.